The van der Waals surface area contributed by atoms with Crippen LogP contribution >= 0.6 is 0 Å². The lowest BCUT2D eigenvalue weighted by molar-refractivity contribution is -0.138. The predicted octanol–water partition coefficient (Wildman–Crippen LogP) is 0.278. The van der Waals surface area contributed by atoms with Crippen LogP contribution in [0.4, 0.5) is 4.79 Å². The Morgan fingerprint density at radius 2 is 1.88 bits per heavy atom. The molecule has 1 fully saturated rings. The van der Waals surface area contributed by atoms with E-state index in [1.54, 1.807) is 4.90 Å². The molecule has 1 heterocycles. The van der Waals surface area contributed by atoms with Gasteiger partial charge in [0.25, 0.3) is 0 Å². The van der Waals surface area contributed by atoms with Crippen molar-refractivity contribution in [2.45, 2.75) is 39.0 Å². The zero-order valence-electron chi connectivity index (χ0n) is 9.77. The van der Waals surface area contributed by atoms with Gasteiger partial charge in [-0.15, -0.1) is 0 Å². The van der Waals surface area contributed by atoms with E-state index < -0.39 is 12.0 Å². The molecule has 16 heavy (non-hydrogen) atoms. The van der Waals surface area contributed by atoms with Crippen LogP contribution in [-0.2, 0) is 9.53 Å². The molecule has 3 atom stereocenters. The van der Waals surface area contributed by atoms with Crippen LogP contribution in [0, 0.1) is 0 Å². The largest absolute Gasteiger partial charge is 0.480 e. The van der Waals surface area contributed by atoms with Crippen LogP contribution in [0.15, 0.2) is 0 Å². The summed E-state index contributed by atoms with van der Waals surface area (Å²) in [6.45, 7) is 6.19. The van der Waals surface area contributed by atoms with Crippen molar-refractivity contribution in [1.82, 2.24) is 10.2 Å². The Bertz CT molecular complexity index is 272. The summed E-state index contributed by atoms with van der Waals surface area (Å²) >= 11 is 0. The molecule has 2 amide bonds. The van der Waals surface area contributed by atoms with Crippen molar-refractivity contribution in [3.63, 3.8) is 0 Å². The SMILES string of the molecule is CC1CN(C(=O)N[C@@H](C)C(=O)O)CC(C)O1. The van der Waals surface area contributed by atoms with E-state index in [2.05, 4.69) is 5.32 Å². The summed E-state index contributed by atoms with van der Waals surface area (Å²) in [5.74, 6) is -1.04. The van der Waals surface area contributed by atoms with Crippen LogP contribution < -0.4 is 5.32 Å². The molecular formula is C10H18N2O4. The summed E-state index contributed by atoms with van der Waals surface area (Å²) in [7, 11) is 0. The van der Waals surface area contributed by atoms with Crippen LogP contribution in [0.1, 0.15) is 20.8 Å². The number of hydrogen-bond acceptors (Lipinski definition) is 3. The first-order chi connectivity index (χ1) is 7.40. The Labute approximate surface area is 94.6 Å². The number of urea groups is 1. The molecule has 1 aliphatic rings. The van der Waals surface area contributed by atoms with Gasteiger partial charge in [0.15, 0.2) is 0 Å². The average Bonchev–Trinajstić information content (AvgIpc) is 2.15. The van der Waals surface area contributed by atoms with Crippen LogP contribution in [0.3, 0.4) is 0 Å². The zero-order chi connectivity index (χ0) is 12.3. The minimum absolute atomic E-state index is 0.0189. The molecule has 0 bridgehead atoms. The summed E-state index contributed by atoms with van der Waals surface area (Å²) in [5, 5.41) is 11.1. The molecule has 0 spiro atoms. The number of hydrogen-bond donors (Lipinski definition) is 2. The maximum absolute atomic E-state index is 11.7. The number of carbonyl (C=O) groups is 2. The predicted molar refractivity (Wildman–Crippen MR) is 57.2 cm³/mol. The number of carboxylic acids is 1. The van der Waals surface area contributed by atoms with E-state index in [1.807, 2.05) is 13.8 Å². The lowest BCUT2D eigenvalue weighted by Gasteiger charge is -2.35. The van der Waals surface area contributed by atoms with Gasteiger partial charge in [0.2, 0.25) is 0 Å². The molecule has 92 valence electrons. The normalized spacial score (nSPS) is 27.3. The van der Waals surface area contributed by atoms with E-state index in [4.69, 9.17) is 9.84 Å². The second-order valence-corrected chi connectivity index (χ2v) is 4.17. The smallest absolute Gasteiger partial charge is 0.325 e. The monoisotopic (exact) mass is 230 g/mol. The highest BCUT2D eigenvalue weighted by Crippen LogP contribution is 2.10. The number of aliphatic carboxylic acids is 1. The van der Waals surface area contributed by atoms with E-state index in [0.29, 0.717) is 13.1 Å². The third kappa shape index (κ3) is 3.37. The van der Waals surface area contributed by atoms with Crippen LogP contribution in [-0.4, -0.2) is 53.3 Å². The summed E-state index contributed by atoms with van der Waals surface area (Å²) < 4.78 is 5.48. The van der Waals surface area contributed by atoms with Gasteiger partial charge in [-0.05, 0) is 20.8 Å². The zero-order valence-corrected chi connectivity index (χ0v) is 9.77. The van der Waals surface area contributed by atoms with Gasteiger partial charge in [0, 0.05) is 13.1 Å². The molecule has 2 N–H and O–H groups in total. The molecule has 1 saturated heterocycles. The topological polar surface area (TPSA) is 78.9 Å². The lowest BCUT2D eigenvalue weighted by atomic mass is 10.2. The quantitative estimate of drug-likeness (QED) is 0.714. The minimum Gasteiger partial charge on any atom is -0.480 e. The van der Waals surface area contributed by atoms with E-state index in [0.717, 1.165) is 0 Å². The number of rotatable bonds is 2. The first kappa shape index (κ1) is 12.8. The number of amides is 2. The number of carbonyl (C=O) groups excluding carboxylic acids is 1. The molecule has 0 aromatic carbocycles. The average molecular weight is 230 g/mol. The van der Waals surface area contributed by atoms with Crippen LogP contribution in [0.5, 0.6) is 0 Å². The number of ether oxygens (including phenoxy) is 1. The number of nitrogens with zero attached hydrogens (tertiary/aromatic N) is 1. The molecule has 1 aliphatic heterocycles. The summed E-state index contributed by atoms with van der Waals surface area (Å²) in [4.78, 5) is 23.9. The van der Waals surface area contributed by atoms with Gasteiger partial charge in [-0.3, -0.25) is 4.79 Å². The van der Waals surface area contributed by atoms with E-state index in [-0.39, 0.29) is 18.2 Å². The maximum Gasteiger partial charge on any atom is 0.325 e. The molecule has 0 aliphatic carbocycles. The van der Waals surface area contributed by atoms with Crippen LogP contribution in [0.25, 0.3) is 0 Å². The van der Waals surface area contributed by atoms with Crippen molar-refractivity contribution in [2.24, 2.45) is 0 Å². The molecule has 0 aromatic heterocycles. The Morgan fingerprint density at radius 3 is 2.31 bits per heavy atom. The van der Waals surface area contributed by atoms with Gasteiger partial charge in [-0.25, -0.2) is 4.79 Å². The number of carboxylic acid groups (broad SMARTS) is 1. The molecule has 1 rings (SSSR count). The highest BCUT2D eigenvalue weighted by Gasteiger charge is 2.27. The number of nitrogens with one attached hydrogen (secondary N) is 1. The molecule has 6 heteroatoms. The summed E-state index contributed by atoms with van der Waals surface area (Å²) in [5.41, 5.74) is 0. The van der Waals surface area contributed by atoms with Crippen molar-refractivity contribution >= 4 is 12.0 Å². The van der Waals surface area contributed by atoms with Gasteiger partial charge < -0.3 is 20.1 Å². The molecule has 2 unspecified atom stereocenters. The van der Waals surface area contributed by atoms with E-state index >= 15 is 0 Å². The number of morpholine rings is 1. The molecular weight excluding hydrogens is 212 g/mol. The van der Waals surface area contributed by atoms with Crippen LogP contribution in [0.2, 0.25) is 0 Å². The standard InChI is InChI=1S/C10H18N2O4/c1-6-4-12(5-7(2)16-6)10(15)11-8(3)9(13)14/h6-8H,4-5H2,1-3H3,(H,11,15)(H,13,14)/t6?,7?,8-/m0/s1. The highest BCUT2D eigenvalue weighted by molar-refractivity contribution is 5.82. The van der Waals surface area contributed by atoms with Gasteiger partial charge in [0.05, 0.1) is 12.2 Å². The van der Waals surface area contributed by atoms with Crippen molar-refractivity contribution in [2.75, 3.05) is 13.1 Å². The molecule has 6 nitrogen and oxygen atoms in total. The Morgan fingerprint density at radius 1 is 1.38 bits per heavy atom. The van der Waals surface area contributed by atoms with Gasteiger partial charge >= 0.3 is 12.0 Å². The first-order valence-corrected chi connectivity index (χ1v) is 5.34. The van der Waals surface area contributed by atoms with Crippen molar-refractivity contribution in [3.05, 3.63) is 0 Å². The second-order valence-electron chi connectivity index (χ2n) is 4.17. The van der Waals surface area contributed by atoms with Gasteiger partial charge in [-0.2, -0.15) is 0 Å². The maximum atomic E-state index is 11.7. The van der Waals surface area contributed by atoms with Crippen molar-refractivity contribution < 1.29 is 19.4 Å². The van der Waals surface area contributed by atoms with E-state index in [1.165, 1.54) is 6.92 Å². The first-order valence-electron chi connectivity index (χ1n) is 5.34. The second kappa shape index (κ2) is 5.16. The Kier molecular flexibility index (Phi) is 4.12. The lowest BCUT2D eigenvalue weighted by Crippen LogP contribution is -2.54. The fraction of sp³-hybridized carbons (Fsp3) is 0.800. The van der Waals surface area contributed by atoms with Crippen molar-refractivity contribution in [3.8, 4) is 0 Å². The minimum atomic E-state index is -1.04. The molecule has 0 radical (unpaired) electrons. The molecule has 0 aromatic rings. The van der Waals surface area contributed by atoms with Crippen molar-refractivity contribution in [1.29, 1.82) is 0 Å². The Hall–Kier alpha value is -1.30. The Balaban J connectivity index is 2.50. The summed E-state index contributed by atoms with van der Waals surface area (Å²) in [6.07, 6.45) is -0.0377. The third-order valence-corrected chi connectivity index (χ3v) is 2.42. The van der Waals surface area contributed by atoms with Gasteiger partial charge in [0.1, 0.15) is 6.04 Å². The molecule has 0 saturated carbocycles. The summed E-state index contributed by atoms with van der Waals surface area (Å²) in [6, 6.07) is -1.22. The fourth-order valence-electron chi connectivity index (χ4n) is 1.68. The van der Waals surface area contributed by atoms with E-state index in [9.17, 15) is 9.59 Å². The third-order valence-electron chi connectivity index (χ3n) is 2.42. The van der Waals surface area contributed by atoms with Gasteiger partial charge in [-0.1, -0.05) is 0 Å². The fourth-order valence-corrected chi connectivity index (χ4v) is 1.68. The highest BCUT2D eigenvalue weighted by atomic mass is 16.5.